The Labute approximate surface area is 87.2 Å². The van der Waals surface area contributed by atoms with Crippen LogP contribution in [0, 0.1) is 6.92 Å². The number of hydrogen-bond acceptors (Lipinski definition) is 3. The van der Waals surface area contributed by atoms with Crippen LogP contribution in [0.5, 0.6) is 5.75 Å². The van der Waals surface area contributed by atoms with E-state index >= 15 is 0 Å². The van der Waals surface area contributed by atoms with Crippen molar-refractivity contribution in [3.8, 4) is 5.75 Å². The number of Topliss-reactive ketones (excluding diaryl/α,β-unsaturated/α-hetero) is 1. The summed E-state index contributed by atoms with van der Waals surface area (Å²) in [7, 11) is 1.55. The summed E-state index contributed by atoms with van der Waals surface area (Å²) in [6.07, 6.45) is 0.151. The van der Waals surface area contributed by atoms with Crippen LogP contribution in [0.2, 0.25) is 0 Å². The number of ketones is 1. The Morgan fingerprint density at radius 1 is 1.33 bits per heavy atom. The highest BCUT2D eigenvalue weighted by molar-refractivity contribution is 6.42. The molecule has 1 heterocycles. The molecule has 0 saturated carbocycles. The predicted molar refractivity (Wildman–Crippen MR) is 55.1 cm³/mol. The van der Waals surface area contributed by atoms with Crippen LogP contribution in [0.3, 0.4) is 0 Å². The zero-order chi connectivity index (χ0) is 11.0. The van der Waals surface area contributed by atoms with Crippen LogP contribution in [-0.4, -0.2) is 18.8 Å². The van der Waals surface area contributed by atoms with E-state index in [4.69, 9.17) is 4.74 Å². The fourth-order valence-electron chi connectivity index (χ4n) is 1.71. The molecule has 0 atom stereocenters. The molecule has 1 amide bonds. The van der Waals surface area contributed by atoms with E-state index in [0.29, 0.717) is 11.4 Å². The number of carbonyl (C=O) groups is 2. The molecule has 1 N–H and O–H groups in total. The van der Waals surface area contributed by atoms with E-state index in [-0.39, 0.29) is 6.42 Å². The lowest BCUT2D eigenvalue weighted by Crippen LogP contribution is -2.30. The van der Waals surface area contributed by atoms with E-state index < -0.39 is 11.7 Å². The molecule has 0 radical (unpaired) electrons. The number of ether oxygens (including phenoxy) is 1. The number of aryl methyl sites for hydroxylation is 1. The topological polar surface area (TPSA) is 55.4 Å². The van der Waals surface area contributed by atoms with Crippen molar-refractivity contribution in [3.05, 3.63) is 23.3 Å². The molecule has 0 aromatic heterocycles. The quantitative estimate of drug-likeness (QED) is 0.697. The molecule has 0 bridgehead atoms. The minimum absolute atomic E-state index is 0.151. The van der Waals surface area contributed by atoms with Crippen molar-refractivity contribution in [2.45, 2.75) is 13.3 Å². The van der Waals surface area contributed by atoms with Crippen molar-refractivity contribution in [2.75, 3.05) is 12.4 Å². The number of fused-ring (bicyclic) bond motifs is 1. The smallest absolute Gasteiger partial charge is 0.292 e. The Morgan fingerprint density at radius 3 is 2.73 bits per heavy atom. The molecule has 4 nitrogen and oxygen atoms in total. The summed E-state index contributed by atoms with van der Waals surface area (Å²) in [6, 6.07) is 3.72. The molecule has 4 heteroatoms. The number of nitrogens with one attached hydrogen (secondary N) is 1. The fraction of sp³-hybridized carbons (Fsp3) is 0.273. The molecule has 0 spiro atoms. The number of amides is 1. The fourth-order valence-corrected chi connectivity index (χ4v) is 1.71. The molecule has 1 aromatic carbocycles. The molecule has 1 aliphatic rings. The second-order valence-electron chi connectivity index (χ2n) is 3.50. The SMILES string of the molecule is COc1c(C)ccc2c1NC(=O)C(=O)C2. The van der Waals surface area contributed by atoms with Gasteiger partial charge in [-0.15, -0.1) is 0 Å². The van der Waals surface area contributed by atoms with Gasteiger partial charge in [0.25, 0.3) is 5.91 Å². The molecule has 0 saturated heterocycles. The highest BCUT2D eigenvalue weighted by atomic mass is 16.5. The molecule has 15 heavy (non-hydrogen) atoms. The van der Waals surface area contributed by atoms with E-state index in [1.165, 1.54) is 0 Å². The zero-order valence-corrected chi connectivity index (χ0v) is 8.59. The summed E-state index contributed by atoms with van der Waals surface area (Å²) in [4.78, 5) is 22.4. The molecule has 2 rings (SSSR count). The Bertz CT molecular complexity index is 451. The number of hydrogen-bond donors (Lipinski definition) is 1. The number of anilines is 1. The molecular formula is C11H11NO3. The van der Waals surface area contributed by atoms with Gasteiger partial charge in [0.2, 0.25) is 5.78 Å². The van der Waals surface area contributed by atoms with Crippen LogP contribution in [0.1, 0.15) is 11.1 Å². The van der Waals surface area contributed by atoms with E-state index in [9.17, 15) is 9.59 Å². The minimum atomic E-state index is -0.564. The van der Waals surface area contributed by atoms with Crippen molar-refractivity contribution in [1.82, 2.24) is 0 Å². The first-order chi connectivity index (χ1) is 7.13. The second kappa shape index (κ2) is 3.38. The van der Waals surface area contributed by atoms with Gasteiger partial charge >= 0.3 is 0 Å². The van der Waals surface area contributed by atoms with Gasteiger partial charge in [0, 0.05) is 6.42 Å². The summed E-state index contributed by atoms with van der Waals surface area (Å²) < 4.78 is 5.20. The van der Waals surface area contributed by atoms with Crippen molar-refractivity contribution >= 4 is 17.4 Å². The van der Waals surface area contributed by atoms with E-state index in [1.54, 1.807) is 7.11 Å². The van der Waals surface area contributed by atoms with Crippen LogP contribution in [0.25, 0.3) is 0 Å². The van der Waals surface area contributed by atoms with Crippen LogP contribution >= 0.6 is 0 Å². The number of benzene rings is 1. The summed E-state index contributed by atoms with van der Waals surface area (Å²) in [5.74, 6) is -0.340. The largest absolute Gasteiger partial charge is 0.494 e. The molecule has 0 aliphatic carbocycles. The maximum absolute atomic E-state index is 11.2. The third-order valence-corrected chi connectivity index (χ3v) is 2.49. The van der Waals surface area contributed by atoms with Gasteiger partial charge in [-0.25, -0.2) is 0 Å². The lowest BCUT2D eigenvalue weighted by atomic mass is 9.99. The van der Waals surface area contributed by atoms with Gasteiger partial charge in [0.1, 0.15) is 5.75 Å². The monoisotopic (exact) mass is 205 g/mol. The Morgan fingerprint density at radius 2 is 2.07 bits per heavy atom. The zero-order valence-electron chi connectivity index (χ0n) is 8.59. The van der Waals surface area contributed by atoms with Gasteiger partial charge in [-0.05, 0) is 18.1 Å². The average Bonchev–Trinajstić information content (AvgIpc) is 2.21. The first kappa shape index (κ1) is 9.71. The summed E-state index contributed by atoms with van der Waals surface area (Å²) in [6.45, 7) is 1.89. The number of carbonyl (C=O) groups excluding carboxylic acids is 2. The van der Waals surface area contributed by atoms with Gasteiger partial charge in [0.05, 0.1) is 12.8 Å². The number of methoxy groups -OCH3 is 1. The van der Waals surface area contributed by atoms with Crippen molar-refractivity contribution < 1.29 is 14.3 Å². The van der Waals surface area contributed by atoms with Gasteiger partial charge in [-0.3, -0.25) is 9.59 Å². The third-order valence-electron chi connectivity index (χ3n) is 2.49. The van der Waals surface area contributed by atoms with Gasteiger partial charge in [0.15, 0.2) is 0 Å². The maximum atomic E-state index is 11.2. The molecule has 1 aliphatic heterocycles. The normalized spacial score (nSPS) is 14.5. The van der Waals surface area contributed by atoms with Crippen LogP contribution < -0.4 is 10.1 Å². The lowest BCUT2D eigenvalue weighted by molar-refractivity contribution is -0.134. The van der Waals surface area contributed by atoms with Crippen LogP contribution in [0.15, 0.2) is 12.1 Å². The summed E-state index contributed by atoms with van der Waals surface area (Å²) in [5.41, 5.74) is 2.37. The van der Waals surface area contributed by atoms with E-state index in [1.807, 2.05) is 19.1 Å². The lowest BCUT2D eigenvalue weighted by Gasteiger charge is -2.19. The second-order valence-corrected chi connectivity index (χ2v) is 3.50. The van der Waals surface area contributed by atoms with Crippen molar-refractivity contribution in [2.24, 2.45) is 0 Å². The maximum Gasteiger partial charge on any atom is 0.292 e. The first-order valence-electron chi connectivity index (χ1n) is 4.64. The first-order valence-corrected chi connectivity index (χ1v) is 4.64. The van der Waals surface area contributed by atoms with Crippen molar-refractivity contribution in [1.29, 1.82) is 0 Å². The van der Waals surface area contributed by atoms with E-state index in [0.717, 1.165) is 11.1 Å². The molecule has 1 aromatic rings. The minimum Gasteiger partial charge on any atom is -0.494 e. The molecular weight excluding hydrogens is 194 g/mol. The van der Waals surface area contributed by atoms with Gasteiger partial charge in [-0.2, -0.15) is 0 Å². The van der Waals surface area contributed by atoms with Gasteiger partial charge < -0.3 is 10.1 Å². The van der Waals surface area contributed by atoms with Gasteiger partial charge in [-0.1, -0.05) is 12.1 Å². The average molecular weight is 205 g/mol. The third kappa shape index (κ3) is 1.48. The van der Waals surface area contributed by atoms with Crippen LogP contribution in [-0.2, 0) is 16.0 Å². The Kier molecular flexibility index (Phi) is 2.19. The molecule has 0 unspecified atom stereocenters. The highest BCUT2D eigenvalue weighted by Crippen LogP contribution is 2.34. The van der Waals surface area contributed by atoms with E-state index in [2.05, 4.69) is 5.32 Å². The summed E-state index contributed by atoms with van der Waals surface area (Å²) >= 11 is 0. The number of rotatable bonds is 1. The summed E-state index contributed by atoms with van der Waals surface area (Å²) in [5, 5.41) is 2.56. The standard InChI is InChI=1S/C11H11NO3/c1-6-3-4-7-5-8(13)11(14)12-9(7)10(6)15-2/h3-4H,5H2,1-2H3,(H,12,14). The Balaban J connectivity index is 2.57. The molecule has 78 valence electrons. The predicted octanol–water partition coefficient (Wildman–Crippen LogP) is 1.07. The van der Waals surface area contributed by atoms with Crippen LogP contribution in [0.4, 0.5) is 5.69 Å². The van der Waals surface area contributed by atoms with Crippen molar-refractivity contribution in [3.63, 3.8) is 0 Å². The highest BCUT2D eigenvalue weighted by Gasteiger charge is 2.26. The Hall–Kier alpha value is -1.84. The molecule has 0 fully saturated rings.